The molecular weight excluding hydrogens is 336 g/mol. The van der Waals surface area contributed by atoms with Gasteiger partial charge in [0.05, 0.1) is 0 Å². The number of carbonyl (C=O) groups excluding carboxylic acids is 1. The third-order valence-corrected chi connectivity index (χ3v) is 5.66. The van der Waals surface area contributed by atoms with Crippen LogP contribution in [0.1, 0.15) is 52.5 Å². The number of amides is 1. The Morgan fingerprint density at radius 3 is 2.89 bits per heavy atom. The minimum atomic E-state index is 0.159. The first kappa shape index (κ1) is 19.6. The Kier molecular flexibility index (Phi) is 6.32. The first-order valence-electron chi connectivity index (χ1n) is 9.98. The maximum atomic E-state index is 13.1. The topological polar surface area (TPSA) is 41.4 Å². The minimum Gasteiger partial charge on any atom is -0.338 e. The summed E-state index contributed by atoms with van der Waals surface area (Å²) >= 11 is 0. The quantitative estimate of drug-likeness (QED) is 0.784. The molecule has 0 N–H and O–H groups in total. The number of hydrogen-bond acceptors (Lipinski definition) is 3. The van der Waals surface area contributed by atoms with Gasteiger partial charge in [-0.3, -0.25) is 4.79 Å². The second kappa shape index (κ2) is 8.70. The van der Waals surface area contributed by atoms with Crippen molar-refractivity contribution in [2.45, 2.75) is 45.6 Å². The summed E-state index contributed by atoms with van der Waals surface area (Å²) in [5, 5.41) is 0. The lowest BCUT2D eigenvalue weighted by atomic mass is 9.95. The monoisotopic (exact) mass is 368 g/mol. The van der Waals surface area contributed by atoms with E-state index in [0.717, 1.165) is 62.4 Å². The van der Waals surface area contributed by atoms with E-state index in [4.69, 9.17) is 0 Å². The third kappa shape index (κ3) is 4.59. The second-order valence-corrected chi connectivity index (χ2v) is 7.97. The van der Waals surface area contributed by atoms with Crippen LogP contribution in [-0.4, -0.2) is 59.0 Å². The highest BCUT2D eigenvalue weighted by atomic mass is 16.2. The summed E-state index contributed by atoms with van der Waals surface area (Å²) in [5.74, 6) is 1.61. The van der Waals surface area contributed by atoms with Crippen LogP contribution in [-0.2, 0) is 6.54 Å². The number of likely N-dealkylation sites (tertiary alicyclic amines) is 1. The van der Waals surface area contributed by atoms with Crippen LogP contribution in [0, 0.1) is 13.8 Å². The number of benzene rings is 1. The normalized spacial score (nSPS) is 17.5. The molecular formula is C22H32N4O. The summed E-state index contributed by atoms with van der Waals surface area (Å²) in [6.07, 6.45) is 7.22. The molecule has 1 amide bonds. The maximum absolute atomic E-state index is 13.1. The molecule has 1 aliphatic heterocycles. The van der Waals surface area contributed by atoms with Crippen LogP contribution in [0.4, 0.5) is 0 Å². The van der Waals surface area contributed by atoms with Crippen LogP contribution >= 0.6 is 0 Å². The molecule has 27 heavy (non-hydrogen) atoms. The van der Waals surface area contributed by atoms with Gasteiger partial charge in [0.2, 0.25) is 0 Å². The molecule has 0 unspecified atom stereocenters. The fraction of sp³-hybridized carbons (Fsp3) is 0.545. The molecule has 1 aliphatic rings. The summed E-state index contributed by atoms with van der Waals surface area (Å²) in [6, 6.07) is 6.00. The second-order valence-electron chi connectivity index (χ2n) is 7.97. The molecule has 146 valence electrons. The Hall–Kier alpha value is -2.14. The van der Waals surface area contributed by atoms with Gasteiger partial charge in [0.15, 0.2) is 0 Å². The summed E-state index contributed by atoms with van der Waals surface area (Å²) in [6.45, 7) is 7.76. The van der Waals surface area contributed by atoms with E-state index in [-0.39, 0.29) is 5.91 Å². The van der Waals surface area contributed by atoms with Gasteiger partial charge in [-0.2, -0.15) is 0 Å². The molecule has 5 heteroatoms. The lowest BCUT2D eigenvalue weighted by molar-refractivity contribution is 0.0702. The zero-order valence-electron chi connectivity index (χ0n) is 17.1. The van der Waals surface area contributed by atoms with E-state index >= 15 is 0 Å². The van der Waals surface area contributed by atoms with Gasteiger partial charge in [-0.25, -0.2) is 4.98 Å². The molecule has 3 rings (SSSR count). The van der Waals surface area contributed by atoms with Gasteiger partial charge in [0, 0.05) is 43.5 Å². The van der Waals surface area contributed by atoms with Crippen molar-refractivity contribution >= 4 is 5.91 Å². The van der Waals surface area contributed by atoms with Crippen molar-refractivity contribution in [1.82, 2.24) is 19.4 Å². The third-order valence-electron chi connectivity index (χ3n) is 5.66. The summed E-state index contributed by atoms with van der Waals surface area (Å²) in [5.41, 5.74) is 3.10. The van der Waals surface area contributed by atoms with Crippen molar-refractivity contribution in [2.24, 2.45) is 0 Å². The van der Waals surface area contributed by atoms with Crippen LogP contribution < -0.4 is 0 Å². The standard InChI is InChI=1S/C22H32N4O/c1-17-8-5-10-20(18(17)2)22(27)26-13-6-9-19(16-26)21-23-11-15-25(21)14-7-12-24(3)4/h5,8,10-11,15,19H,6-7,9,12-14,16H2,1-4H3/t19-/m0/s1. The molecule has 5 nitrogen and oxygen atoms in total. The smallest absolute Gasteiger partial charge is 0.254 e. The molecule has 1 fully saturated rings. The van der Waals surface area contributed by atoms with E-state index in [9.17, 15) is 4.79 Å². The molecule has 1 atom stereocenters. The van der Waals surface area contributed by atoms with Crippen molar-refractivity contribution in [3.8, 4) is 0 Å². The number of hydrogen-bond donors (Lipinski definition) is 0. The molecule has 0 bridgehead atoms. The van der Waals surface area contributed by atoms with Gasteiger partial charge in [-0.1, -0.05) is 12.1 Å². The molecule has 0 aliphatic carbocycles. The number of aryl methyl sites for hydroxylation is 2. The van der Waals surface area contributed by atoms with Crippen LogP contribution in [0.15, 0.2) is 30.6 Å². The molecule has 2 heterocycles. The van der Waals surface area contributed by atoms with Crippen LogP contribution in [0.25, 0.3) is 0 Å². The first-order chi connectivity index (χ1) is 13.0. The van der Waals surface area contributed by atoms with Gasteiger partial charge < -0.3 is 14.4 Å². The van der Waals surface area contributed by atoms with E-state index in [1.165, 1.54) is 5.56 Å². The predicted molar refractivity (Wildman–Crippen MR) is 109 cm³/mol. The molecule has 2 aromatic rings. The molecule has 0 radical (unpaired) electrons. The van der Waals surface area contributed by atoms with E-state index in [0.29, 0.717) is 5.92 Å². The number of piperidine rings is 1. The molecule has 0 saturated carbocycles. The van der Waals surface area contributed by atoms with E-state index in [1.54, 1.807) is 0 Å². The zero-order chi connectivity index (χ0) is 19.4. The molecule has 1 saturated heterocycles. The first-order valence-corrected chi connectivity index (χ1v) is 9.98. The Balaban J connectivity index is 1.70. The van der Waals surface area contributed by atoms with Crippen LogP contribution in [0.2, 0.25) is 0 Å². The number of rotatable bonds is 6. The average molecular weight is 369 g/mol. The van der Waals surface area contributed by atoms with Crippen molar-refractivity contribution < 1.29 is 4.79 Å². The largest absolute Gasteiger partial charge is 0.338 e. The Morgan fingerprint density at radius 1 is 1.30 bits per heavy atom. The van der Waals surface area contributed by atoms with Gasteiger partial charge >= 0.3 is 0 Å². The number of carbonyl (C=O) groups is 1. The van der Waals surface area contributed by atoms with Gasteiger partial charge in [-0.15, -0.1) is 0 Å². The van der Waals surface area contributed by atoms with Gasteiger partial charge in [0.25, 0.3) is 5.91 Å². The molecule has 0 spiro atoms. The number of aromatic nitrogens is 2. The fourth-order valence-corrected chi connectivity index (χ4v) is 3.95. The van der Waals surface area contributed by atoms with Crippen molar-refractivity contribution in [1.29, 1.82) is 0 Å². The van der Waals surface area contributed by atoms with Crippen molar-refractivity contribution in [3.63, 3.8) is 0 Å². The Morgan fingerprint density at radius 2 is 2.11 bits per heavy atom. The lowest BCUT2D eigenvalue weighted by Crippen LogP contribution is -2.40. The summed E-state index contributed by atoms with van der Waals surface area (Å²) < 4.78 is 2.28. The fourth-order valence-electron chi connectivity index (χ4n) is 3.95. The SMILES string of the molecule is Cc1cccc(C(=O)N2CCC[C@H](c3nccn3CCCN(C)C)C2)c1C. The Labute approximate surface area is 163 Å². The molecule has 1 aromatic heterocycles. The van der Waals surface area contributed by atoms with E-state index < -0.39 is 0 Å². The van der Waals surface area contributed by atoms with Crippen LogP contribution in [0.3, 0.4) is 0 Å². The van der Waals surface area contributed by atoms with Crippen LogP contribution in [0.5, 0.6) is 0 Å². The highest BCUT2D eigenvalue weighted by Crippen LogP contribution is 2.27. The lowest BCUT2D eigenvalue weighted by Gasteiger charge is -2.33. The summed E-state index contributed by atoms with van der Waals surface area (Å²) in [7, 11) is 4.21. The average Bonchev–Trinajstić information content (AvgIpc) is 3.12. The zero-order valence-corrected chi connectivity index (χ0v) is 17.1. The van der Waals surface area contributed by atoms with Crippen molar-refractivity contribution in [2.75, 3.05) is 33.7 Å². The minimum absolute atomic E-state index is 0.159. The predicted octanol–water partition coefficient (Wildman–Crippen LogP) is 3.47. The highest BCUT2D eigenvalue weighted by Gasteiger charge is 2.28. The number of imidazole rings is 1. The van der Waals surface area contributed by atoms with Gasteiger partial charge in [-0.05, 0) is 70.9 Å². The Bertz CT molecular complexity index is 780. The van der Waals surface area contributed by atoms with E-state index in [1.807, 2.05) is 30.2 Å². The highest BCUT2D eigenvalue weighted by molar-refractivity contribution is 5.96. The maximum Gasteiger partial charge on any atom is 0.254 e. The summed E-state index contributed by atoms with van der Waals surface area (Å²) in [4.78, 5) is 22.0. The van der Waals surface area contributed by atoms with Gasteiger partial charge in [0.1, 0.15) is 5.82 Å². The van der Waals surface area contributed by atoms with E-state index in [2.05, 4.69) is 47.7 Å². The van der Waals surface area contributed by atoms with Crippen molar-refractivity contribution in [3.05, 3.63) is 53.1 Å². The number of nitrogens with zero attached hydrogens (tertiary/aromatic N) is 4. The molecule has 1 aromatic carbocycles.